The van der Waals surface area contributed by atoms with E-state index in [2.05, 4.69) is 82.3 Å². The lowest BCUT2D eigenvalue weighted by molar-refractivity contribution is -0.0418. The molecule has 4 aliphatic carbocycles. The van der Waals surface area contributed by atoms with Gasteiger partial charge in [0, 0.05) is 22.1 Å². The van der Waals surface area contributed by atoms with Crippen LogP contribution in [-0.4, -0.2) is 28.3 Å². The normalized spacial score (nSPS) is 27.0. The highest BCUT2D eigenvalue weighted by Crippen LogP contribution is 2.65. The van der Waals surface area contributed by atoms with Gasteiger partial charge in [0.15, 0.2) is 5.82 Å². The van der Waals surface area contributed by atoms with E-state index >= 15 is 0 Å². The van der Waals surface area contributed by atoms with E-state index in [1.165, 1.54) is 43.2 Å². The van der Waals surface area contributed by atoms with Crippen LogP contribution >= 0.6 is 0 Å². The fraction of sp³-hybridized carbons (Fsp3) is 0.356. The average molecular weight is 670 g/mol. The van der Waals surface area contributed by atoms with E-state index < -0.39 is 0 Å². The molecule has 5 fully saturated rings. The number of hydrogen-bond acceptors (Lipinski definition) is 5. The van der Waals surface area contributed by atoms with Gasteiger partial charge in [0.05, 0.1) is 22.6 Å². The van der Waals surface area contributed by atoms with Gasteiger partial charge in [-0.25, -0.2) is 9.97 Å². The molecule has 1 aliphatic heterocycles. The minimum absolute atomic E-state index is 0.0610. The highest BCUT2D eigenvalue weighted by atomic mass is 16.7. The van der Waals surface area contributed by atoms with Crippen molar-refractivity contribution in [3.05, 3.63) is 126 Å². The molecule has 4 aromatic carbocycles. The molecule has 4 bridgehead atoms. The van der Waals surface area contributed by atoms with Crippen LogP contribution in [0.1, 0.15) is 76.5 Å². The molecule has 0 radical (unpaired) electrons. The first-order chi connectivity index (χ1) is 24.7. The smallest absolute Gasteiger partial charge is 0.399 e. The van der Waals surface area contributed by atoms with Crippen LogP contribution in [0.3, 0.4) is 0 Å². The van der Waals surface area contributed by atoms with Gasteiger partial charge in [-0.2, -0.15) is 5.26 Å². The molecule has 1 aromatic heterocycles. The molecule has 0 atom stereocenters. The maximum atomic E-state index is 10.6. The maximum absolute atomic E-state index is 10.6. The van der Waals surface area contributed by atoms with Gasteiger partial charge in [-0.1, -0.05) is 109 Å². The summed E-state index contributed by atoms with van der Waals surface area (Å²) in [5.74, 6) is 3.51. The van der Waals surface area contributed by atoms with Crippen molar-refractivity contribution in [2.45, 2.75) is 76.4 Å². The Morgan fingerprint density at radius 3 is 1.53 bits per heavy atom. The number of aromatic nitrogens is 2. The fourth-order valence-electron chi connectivity index (χ4n) is 10.1. The van der Waals surface area contributed by atoms with Crippen molar-refractivity contribution in [1.29, 1.82) is 5.26 Å². The first kappa shape index (κ1) is 32.3. The second kappa shape index (κ2) is 12.0. The molecule has 4 saturated carbocycles. The van der Waals surface area contributed by atoms with E-state index in [-0.39, 0.29) is 23.7 Å². The zero-order chi connectivity index (χ0) is 35.0. The van der Waals surface area contributed by atoms with Gasteiger partial charge in [-0.3, -0.25) is 0 Å². The van der Waals surface area contributed by atoms with E-state index in [0.717, 1.165) is 34.0 Å². The molecular weight excluding hydrogens is 625 g/mol. The van der Waals surface area contributed by atoms with E-state index in [9.17, 15) is 5.26 Å². The van der Waals surface area contributed by atoms with Gasteiger partial charge in [-0.05, 0) is 100 Å². The first-order valence-electron chi connectivity index (χ1n) is 18.7. The van der Waals surface area contributed by atoms with Crippen LogP contribution in [0.2, 0.25) is 0 Å². The van der Waals surface area contributed by atoms with Gasteiger partial charge in [0.1, 0.15) is 11.6 Å². The van der Waals surface area contributed by atoms with Crippen LogP contribution in [0.4, 0.5) is 0 Å². The molecular formula is C45H44BN3O2. The van der Waals surface area contributed by atoms with Crippen LogP contribution in [0.5, 0.6) is 0 Å². The fourth-order valence-corrected chi connectivity index (χ4v) is 10.1. The second-order valence-electron chi connectivity index (χ2n) is 16.4. The van der Waals surface area contributed by atoms with Crippen molar-refractivity contribution in [3.63, 3.8) is 0 Å². The lowest BCUT2D eigenvalue weighted by Gasteiger charge is -2.62. The molecule has 0 unspecified atom stereocenters. The monoisotopic (exact) mass is 669 g/mol. The first-order valence-corrected chi connectivity index (χ1v) is 18.7. The summed E-state index contributed by atoms with van der Waals surface area (Å²) in [7, 11) is -0.374. The Hall–Kier alpha value is -4.57. The summed E-state index contributed by atoms with van der Waals surface area (Å²) in [6.07, 6.45) is 6.57. The SMILES string of the molecule is CC1(C)OB(c2ccc(C3(c4ccc(-c5nc(-c6ccccc6)nc(-c6ccccc6)c5C#N)cc4)C4CC5CC(C4)CC3C5)cc2)OC1(C)C. The summed E-state index contributed by atoms with van der Waals surface area (Å²) in [6.45, 7) is 8.45. The van der Waals surface area contributed by atoms with Crippen LogP contribution in [0.15, 0.2) is 109 Å². The van der Waals surface area contributed by atoms with Crippen LogP contribution in [0.25, 0.3) is 33.9 Å². The summed E-state index contributed by atoms with van der Waals surface area (Å²) in [6, 6.07) is 40.8. The van der Waals surface area contributed by atoms with Crippen LogP contribution in [0, 0.1) is 35.0 Å². The summed E-state index contributed by atoms with van der Waals surface area (Å²) in [5.41, 5.74) is 7.63. The molecule has 6 heteroatoms. The van der Waals surface area contributed by atoms with E-state index in [1.54, 1.807) is 0 Å². The Labute approximate surface area is 302 Å². The molecule has 10 rings (SSSR count). The third-order valence-electron chi connectivity index (χ3n) is 13.1. The number of nitriles is 1. The molecule has 2 heterocycles. The number of nitrogens with zero attached hydrogens (tertiary/aromatic N) is 3. The zero-order valence-electron chi connectivity index (χ0n) is 30.0. The number of hydrogen-bond donors (Lipinski definition) is 0. The summed E-state index contributed by atoms with van der Waals surface area (Å²) in [5, 5.41) is 10.6. The Balaban J connectivity index is 1.14. The minimum Gasteiger partial charge on any atom is -0.399 e. The van der Waals surface area contributed by atoms with Crippen molar-refractivity contribution >= 4 is 12.6 Å². The molecule has 5 aromatic rings. The zero-order valence-corrected chi connectivity index (χ0v) is 30.0. The quantitative estimate of drug-likeness (QED) is 0.169. The molecule has 1 saturated heterocycles. The summed E-state index contributed by atoms with van der Waals surface area (Å²) in [4.78, 5) is 10.0. The lowest BCUT2D eigenvalue weighted by Crippen LogP contribution is -2.56. The molecule has 51 heavy (non-hydrogen) atoms. The molecule has 0 N–H and O–H groups in total. The van der Waals surface area contributed by atoms with Gasteiger partial charge in [0.25, 0.3) is 0 Å². The Bertz CT molecular complexity index is 2080. The van der Waals surface area contributed by atoms with Gasteiger partial charge in [-0.15, -0.1) is 0 Å². The van der Waals surface area contributed by atoms with E-state index in [1.807, 2.05) is 60.7 Å². The second-order valence-corrected chi connectivity index (χ2v) is 16.4. The topological polar surface area (TPSA) is 68.0 Å². The third-order valence-corrected chi connectivity index (χ3v) is 13.1. The molecule has 5 aliphatic rings. The van der Waals surface area contributed by atoms with Gasteiger partial charge in [0.2, 0.25) is 0 Å². The molecule has 0 amide bonds. The Morgan fingerprint density at radius 2 is 1.04 bits per heavy atom. The predicted molar refractivity (Wildman–Crippen MR) is 203 cm³/mol. The predicted octanol–water partition coefficient (Wildman–Crippen LogP) is 9.39. The van der Waals surface area contributed by atoms with E-state index in [4.69, 9.17) is 19.3 Å². The van der Waals surface area contributed by atoms with E-state index in [0.29, 0.717) is 34.6 Å². The molecule has 0 spiro atoms. The highest BCUT2D eigenvalue weighted by molar-refractivity contribution is 6.62. The Morgan fingerprint density at radius 1 is 0.588 bits per heavy atom. The Kier molecular flexibility index (Phi) is 7.62. The van der Waals surface area contributed by atoms with Crippen LogP contribution < -0.4 is 5.46 Å². The van der Waals surface area contributed by atoms with Crippen molar-refractivity contribution < 1.29 is 9.31 Å². The summed E-state index contributed by atoms with van der Waals surface area (Å²) >= 11 is 0. The standard InChI is InChI=1S/C45H44BN3O2/c1-43(2)44(3,4)51-46(50-43)38-21-19-35(20-22-38)45(36-24-29-23-30(26-36)27-37(45)25-29)34-17-15-32(16-18-34)41-39(28-47)40(31-11-7-5-8-12-31)48-42(49-41)33-13-9-6-10-14-33/h5-22,29-30,36-37H,23-27H2,1-4H3. The number of benzene rings is 4. The third kappa shape index (κ3) is 5.20. The minimum atomic E-state index is -0.375. The highest BCUT2D eigenvalue weighted by Gasteiger charge is 2.59. The maximum Gasteiger partial charge on any atom is 0.494 e. The lowest BCUT2D eigenvalue weighted by atomic mass is 9.42. The van der Waals surface area contributed by atoms with Crippen molar-refractivity contribution in [1.82, 2.24) is 9.97 Å². The van der Waals surface area contributed by atoms with Gasteiger partial charge >= 0.3 is 7.12 Å². The van der Waals surface area contributed by atoms with Crippen molar-refractivity contribution in [3.8, 4) is 40.0 Å². The molecule has 254 valence electrons. The number of rotatable bonds is 6. The van der Waals surface area contributed by atoms with Crippen LogP contribution in [-0.2, 0) is 14.7 Å². The largest absolute Gasteiger partial charge is 0.494 e. The van der Waals surface area contributed by atoms with Crippen molar-refractivity contribution in [2.75, 3.05) is 0 Å². The molecule has 5 nitrogen and oxygen atoms in total. The summed E-state index contributed by atoms with van der Waals surface area (Å²) < 4.78 is 12.9. The average Bonchev–Trinajstić information content (AvgIpc) is 3.37. The van der Waals surface area contributed by atoms with Crippen molar-refractivity contribution in [2.24, 2.45) is 23.7 Å². The van der Waals surface area contributed by atoms with Gasteiger partial charge < -0.3 is 9.31 Å².